The number of halogens is 3. The Morgan fingerprint density at radius 3 is 2.30 bits per heavy atom. The molecule has 1 saturated heterocycles. The Morgan fingerprint density at radius 1 is 1.12 bits per heavy atom. The third-order valence-corrected chi connectivity index (χ3v) is 5.16. The maximum atomic E-state index is 12.7. The number of benzene rings is 1. The van der Waals surface area contributed by atoms with Crippen LogP contribution in [0.2, 0.25) is 0 Å². The quantitative estimate of drug-likeness (QED) is 0.397. The zero-order valence-electron chi connectivity index (χ0n) is 18.2. The van der Waals surface area contributed by atoms with Gasteiger partial charge in [0, 0.05) is 19.6 Å². The second-order valence-corrected chi connectivity index (χ2v) is 9.28. The molecule has 0 radical (unpaired) electrons. The van der Waals surface area contributed by atoms with Crippen LogP contribution in [0.25, 0.3) is 0 Å². The van der Waals surface area contributed by atoms with Crippen LogP contribution in [-0.4, -0.2) is 74.0 Å². The van der Waals surface area contributed by atoms with E-state index >= 15 is 0 Å². The van der Waals surface area contributed by atoms with Crippen LogP contribution in [-0.2, 0) is 25.8 Å². The Kier molecular flexibility index (Phi) is 10.3. The first-order valence-corrected chi connectivity index (χ1v) is 11.4. The highest BCUT2D eigenvalue weighted by Crippen LogP contribution is 2.30. The first-order valence-electron chi connectivity index (χ1n) is 10.3. The molecule has 2 amide bonds. The van der Waals surface area contributed by atoms with E-state index in [4.69, 9.17) is 49.2 Å². The maximum absolute atomic E-state index is 12.7. The smallest absolute Gasteiger partial charge is 0.437 e. The van der Waals surface area contributed by atoms with E-state index in [0.717, 1.165) is 15.5 Å². The molecular weight excluding hydrogens is 501 g/mol. The highest BCUT2D eigenvalue weighted by Gasteiger charge is 2.43. The number of likely N-dealkylation sites (tertiary alicyclic amines) is 1. The molecule has 0 bridgehead atoms. The molecule has 184 valence electrons. The minimum atomic E-state index is -2.34. The van der Waals surface area contributed by atoms with Crippen molar-refractivity contribution in [1.29, 1.82) is 0 Å². The molecule has 1 heterocycles. The standard InChI is InChI=1S/C20H26Cl3N3O7/c1-3-24(4-2)33-17(27)16-11-10-15(12-25(16)18(28)29)26(19(30)32-20(21,22)23)31-13-14-8-6-5-7-9-14/h5-9,15-16H,3-4,10-13H2,1-2H3,(H,28,29)/t15-,16+/m1/s1. The predicted octanol–water partition coefficient (Wildman–Crippen LogP) is 4.20. The van der Waals surface area contributed by atoms with Gasteiger partial charge in [-0.15, -0.1) is 5.06 Å². The average molecular weight is 527 g/mol. The molecule has 1 aromatic carbocycles. The summed E-state index contributed by atoms with van der Waals surface area (Å²) in [5, 5.41) is 12.0. The second kappa shape index (κ2) is 12.5. The molecule has 2 atom stereocenters. The van der Waals surface area contributed by atoms with E-state index in [1.165, 1.54) is 5.06 Å². The molecule has 10 nitrogen and oxygen atoms in total. The number of hydrogen-bond donors (Lipinski definition) is 1. The number of piperidine rings is 1. The Labute approximate surface area is 206 Å². The molecule has 1 fully saturated rings. The molecule has 1 aliphatic heterocycles. The van der Waals surface area contributed by atoms with Gasteiger partial charge in [-0.1, -0.05) is 30.3 Å². The molecule has 1 aliphatic rings. The molecule has 0 saturated carbocycles. The van der Waals surface area contributed by atoms with Gasteiger partial charge in [-0.3, -0.25) is 9.74 Å². The largest absolute Gasteiger partial charge is 0.465 e. The number of carbonyl (C=O) groups is 3. The van der Waals surface area contributed by atoms with Crippen molar-refractivity contribution < 1.29 is 33.9 Å². The molecule has 0 spiro atoms. The van der Waals surface area contributed by atoms with Gasteiger partial charge in [0.2, 0.25) is 0 Å². The van der Waals surface area contributed by atoms with Crippen LogP contribution in [0, 0.1) is 0 Å². The van der Waals surface area contributed by atoms with E-state index in [1.807, 2.05) is 6.07 Å². The molecule has 1 N–H and O–H groups in total. The molecule has 1 aromatic rings. The van der Waals surface area contributed by atoms with Crippen LogP contribution < -0.4 is 0 Å². The highest BCUT2D eigenvalue weighted by molar-refractivity contribution is 6.66. The Morgan fingerprint density at radius 2 is 1.76 bits per heavy atom. The number of ether oxygens (including phenoxy) is 1. The van der Waals surface area contributed by atoms with Crippen molar-refractivity contribution in [2.75, 3.05) is 19.6 Å². The maximum Gasteiger partial charge on any atom is 0.437 e. The lowest BCUT2D eigenvalue weighted by Gasteiger charge is -2.40. The summed E-state index contributed by atoms with van der Waals surface area (Å²) < 4.78 is 2.44. The van der Waals surface area contributed by atoms with E-state index in [9.17, 15) is 19.5 Å². The molecule has 0 unspecified atom stereocenters. The molecular formula is C20H26Cl3N3O7. The number of nitrogens with zero attached hydrogens (tertiary/aromatic N) is 3. The van der Waals surface area contributed by atoms with Crippen LogP contribution in [0.15, 0.2) is 30.3 Å². The number of hydroxylamine groups is 4. The Hall–Kier alpha value is -1.98. The normalized spacial score (nSPS) is 18.7. The summed E-state index contributed by atoms with van der Waals surface area (Å²) in [5.74, 6) is -0.694. The van der Waals surface area contributed by atoms with Gasteiger partial charge in [0.1, 0.15) is 12.6 Å². The highest BCUT2D eigenvalue weighted by atomic mass is 35.6. The molecule has 33 heavy (non-hydrogen) atoms. The molecule has 13 heteroatoms. The summed E-state index contributed by atoms with van der Waals surface area (Å²) in [6.45, 7) is 4.26. The van der Waals surface area contributed by atoms with Crippen molar-refractivity contribution in [3.8, 4) is 0 Å². The lowest BCUT2D eigenvalue weighted by Crippen LogP contribution is -2.58. The SMILES string of the molecule is CCN(CC)OC(=O)[C@@H]1CC[C@@H](N(OCc2ccccc2)C(=O)OC(Cl)(Cl)Cl)CN1C(=O)O. The summed E-state index contributed by atoms with van der Waals surface area (Å²) >= 11 is 16.7. The van der Waals surface area contributed by atoms with Crippen LogP contribution >= 0.6 is 34.8 Å². The summed E-state index contributed by atoms with van der Waals surface area (Å²) in [6, 6.07) is 7.12. The van der Waals surface area contributed by atoms with Crippen LogP contribution in [0.1, 0.15) is 32.3 Å². The lowest BCUT2D eigenvalue weighted by atomic mass is 9.98. The molecule has 0 aromatic heterocycles. The van der Waals surface area contributed by atoms with E-state index in [1.54, 1.807) is 38.1 Å². The van der Waals surface area contributed by atoms with Gasteiger partial charge in [0.05, 0.1) is 6.04 Å². The van der Waals surface area contributed by atoms with Gasteiger partial charge in [0.25, 0.3) is 0 Å². The van der Waals surface area contributed by atoms with Gasteiger partial charge in [-0.2, -0.15) is 5.06 Å². The monoisotopic (exact) mass is 525 g/mol. The molecule has 2 rings (SSSR count). The number of hydrogen-bond acceptors (Lipinski definition) is 7. The van der Waals surface area contributed by atoms with Crippen molar-refractivity contribution in [1.82, 2.24) is 15.0 Å². The van der Waals surface area contributed by atoms with Crippen molar-refractivity contribution in [2.24, 2.45) is 0 Å². The third kappa shape index (κ3) is 8.38. The van der Waals surface area contributed by atoms with Crippen molar-refractivity contribution >= 4 is 53.0 Å². The minimum Gasteiger partial charge on any atom is -0.465 e. The fourth-order valence-electron chi connectivity index (χ4n) is 3.31. The van der Waals surface area contributed by atoms with E-state index in [0.29, 0.717) is 13.1 Å². The van der Waals surface area contributed by atoms with Crippen molar-refractivity contribution in [3.63, 3.8) is 0 Å². The minimum absolute atomic E-state index is 0.0210. The van der Waals surface area contributed by atoms with Gasteiger partial charge in [-0.05, 0) is 67.1 Å². The van der Waals surface area contributed by atoms with E-state index < -0.39 is 34.2 Å². The fraction of sp³-hybridized carbons (Fsp3) is 0.550. The first-order chi connectivity index (χ1) is 15.6. The third-order valence-electron chi connectivity index (χ3n) is 4.93. The van der Waals surface area contributed by atoms with Gasteiger partial charge >= 0.3 is 22.1 Å². The number of carbonyl (C=O) groups excluding carboxylic acids is 2. The summed E-state index contributed by atoms with van der Waals surface area (Å²) in [6.07, 6.45) is -2.15. The Balaban J connectivity index is 2.18. The second-order valence-electron chi connectivity index (χ2n) is 7.11. The van der Waals surface area contributed by atoms with Crippen molar-refractivity contribution in [2.45, 2.75) is 49.4 Å². The van der Waals surface area contributed by atoms with Crippen LogP contribution in [0.5, 0.6) is 0 Å². The number of alkyl halides is 3. The molecule has 0 aliphatic carbocycles. The van der Waals surface area contributed by atoms with Crippen molar-refractivity contribution in [3.05, 3.63) is 35.9 Å². The lowest BCUT2D eigenvalue weighted by molar-refractivity contribution is -0.202. The summed E-state index contributed by atoms with van der Waals surface area (Å²) in [4.78, 5) is 49.0. The number of carboxylic acid groups (broad SMARTS) is 1. The number of rotatable bonds is 8. The summed E-state index contributed by atoms with van der Waals surface area (Å²) in [5.41, 5.74) is 0.746. The predicted molar refractivity (Wildman–Crippen MR) is 120 cm³/mol. The van der Waals surface area contributed by atoms with Gasteiger partial charge in [-0.25, -0.2) is 14.4 Å². The van der Waals surface area contributed by atoms with Crippen LogP contribution in [0.3, 0.4) is 0 Å². The first kappa shape index (κ1) is 27.3. The van der Waals surface area contributed by atoms with Gasteiger partial charge in [0.15, 0.2) is 0 Å². The topological polar surface area (TPSA) is 109 Å². The number of amides is 2. The van der Waals surface area contributed by atoms with E-state index in [2.05, 4.69) is 0 Å². The van der Waals surface area contributed by atoms with Crippen LogP contribution in [0.4, 0.5) is 9.59 Å². The Bertz CT molecular complexity index is 806. The zero-order valence-corrected chi connectivity index (χ0v) is 20.4. The van der Waals surface area contributed by atoms with Gasteiger partial charge < -0.3 is 14.7 Å². The average Bonchev–Trinajstić information content (AvgIpc) is 2.76. The summed E-state index contributed by atoms with van der Waals surface area (Å²) in [7, 11) is 0. The van der Waals surface area contributed by atoms with E-state index in [-0.39, 0.29) is 26.0 Å². The zero-order chi connectivity index (χ0) is 24.6. The fourth-order valence-corrected chi connectivity index (χ4v) is 3.51.